The van der Waals surface area contributed by atoms with E-state index < -0.39 is 0 Å². The SMILES string of the molecule is c1ccc2c(c1)-c1cc3c(cc1C21c2ccccc2-c2cc4c(cc21)CCc1cc2cccnc2nc1-4)CCc1cc2cccnc2nc1-3. The number of aromatic nitrogens is 4. The quantitative estimate of drug-likeness (QED) is 0.169. The molecule has 228 valence electrons. The lowest BCUT2D eigenvalue weighted by molar-refractivity contribution is 0.785. The molecule has 49 heavy (non-hydrogen) atoms. The van der Waals surface area contributed by atoms with Gasteiger partial charge in [-0.25, -0.2) is 19.9 Å². The Morgan fingerprint density at radius 2 is 0.857 bits per heavy atom. The van der Waals surface area contributed by atoms with Gasteiger partial charge in [-0.2, -0.15) is 0 Å². The zero-order valence-corrected chi connectivity index (χ0v) is 26.7. The number of pyridine rings is 4. The number of nitrogens with zero attached hydrogens (tertiary/aromatic N) is 4. The first-order chi connectivity index (χ1) is 24.3. The maximum atomic E-state index is 5.16. The number of hydrogen-bond acceptors (Lipinski definition) is 4. The fraction of sp³-hybridized carbons (Fsp3) is 0.111. The van der Waals surface area contributed by atoms with Gasteiger partial charge in [-0.3, -0.25) is 0 Å². The summed E-state index contributed by atoms with van der Waals surface area (Å²) in [7, 11) is 0. The fourth-order valence-electron chi connectivity index (χ4n) is 9.66. The average Bonchev–Trinajstić information content (AvgIpc) is 3.61. The monoisotopic (exact) mass is 624 g/mol. The first kappa shape index (κ1) is 26.0. The Morgan fingerprint density at radius 3 is 1.37 bits per heavy atom. The maximum absolute atomic E-state index is 5.16. The maximum Gasteiger partial charge on any atom is 0.159 e. The van der Waals surface area contributed by atoms with Crippen molar-refractivity contribution in [3.63, 3.8) is 0 Å². The van der Waals surface area contributed by atoms with Gasteiger partial charge in [0.2, 0.25) is 0 Å². The van der Waals surface area contributed by atoms with Crippen molar-refractivity contribution in [3.05, 3.63) is 166 Å². The predicted molar refractivity (Wildman–Crippen MR) is 195 cm³/mol. The summed E-state index contributed by atoms with van der Waals surface area (Å²) in [6.45, 7) is 0. The van der Waals surface area contributed by atoms with E-state index in [-0.39, 0.29) is 5.41 Å². The number of rotatable bonds is 0. The molecule has 1 spiro atoms. The minimum absolute atomic E-state index is 0.390. The molecule has 0 saturated carbocycles. The molecule has 4 aliphatic rings. The third-order valence-electron chi connectivity index (χ3n) is 11.7. The highest BCUT2D eigenvalue weighted by Gasteiger charge is 2.52. The third kappa shape index (κ3) is 3.24. The first-order valence-corrected chi connectivity index (χ1v) is 17.3. The highest BCUT2D eigenvalue weighted by molar-refractivity contribution is 5.98. The van der Waals surface area contributed by atoms with E-state index in [1.54, 1.807) is 0 Å². The highest BCUT2D eigenvalue weighted by atomic mass is 14.9. The summed E-state index contributed by atoms with van der Waals surface area (Å²) < 4.78 is 0. The van der Waals surface area contributed by atoms with Crippen LogP contribution in [0.25, 0.3) is 66.8 Å². The Hall–Kier alpha value is -6.00. The molecule has 0 radical (unpaired) electrons. The second kappa shape index (κ2) is 9.12. The molecule has 8 aromatic rings. The highest BCUT2D eigenvalue weighted by Crippen LogP contribution is 2.64. The number of fused-ring (bicyclic) bond motifs is 18. The van der Waals surface area contributed by atoms with Crippen molar-refractivity contribution in [1.82, 2.24) is 19.9 Å². The van der Waals surface area contributed by atoms with E-state index >= 15 is 0 Å². The molecule has 4 aliphatic carbocycles. The summed E-state index contributed by atoms with van der Waals surface area (Å²) in [6, 6.07) is 41.1. The van der Waals surface area contributed by atoms with E-state index in [2.05, 4.69) is 107 Å². The van der Waals surface area contributed by atoms with Gasteiger partial charge in [-0.1, -0.05) is 60.7 Å². The van der Waals surface area contributed by atoms with Gasteiger partial charge in [0.05, 0.1) is 16.8 Å². The van der Waals surface area contributed by atoms with Gasteiger partial charge in [0.1, 0.15) is 0 Å². The van der Waals surface area contributed by atoms with Crippen LogP contribution in [0.4, 0.5) is 0 Å². The molecule has 4 nitrogen and oxygen atoms in total. The average molecular weight is 625 g/mol. The van der Waals surface area contributed by atoms with E-state index in [4.69, 9.17) is 9.97 Å². The van der Waals surface area contributed by atoms with Crippen LogP contribution in [0.2, 0.25) is 0 Å². The number of benzene rings is 4. The molecule has 4 aromatic carbocycles. The van der Waals surface area contributed by atoms with Gasteiger partial charge in [0.15, 0.2) is 11.3 Å². The van der Waals surface area contributed by atoms with Gasteiger partial charge < -0.3 is 0 Å². The van der Waals surface area contributed by atoms with Crippen LogP contribution >= 0.6 is 0 Å². The summed E-state index contributed by atoms with van der Waals surface area (Å²) in [4.78, 5) is 19.6. The molecular formula is C45H28N4. The fourth-order valence-corrected chi connectivity index (χ4v) is 9.66. The van der Waals surface area contributed by atoms with E-state index in [0.29, 0.717) is 0 Å². The normalized spacial score (nSPS) is 15.2. The molecule has 0 amide bonds. The summed E-state index contributed by atoms with van der Waals surface area (Å²) >= 11 is 0. The predicted octanol–water partition coefficient (Wildman–Crippen LogP) is 9.45. The third-order valence-corrected chi connectivity index (χ3v) is 11.7. The molecule has 4 heterocycles. The molecule has 0 bridgehead atoms. The minimum atomic E-state index is -0.390. The van der Waals surface area contributed by atoms with Gasteiger partial charge in [0, 0.05) is 34.3 Å². The molecule has 0 unspecified atom stereocenters. The first-order valence-electron chi connectivity index (χ1n) is 17.3. The molecule has 0 saturated heterocycles. The molecule has 0 atom stereocenters. The summed E-state index contributed by atoms with van der Waals surface area (Å²) in [5.74, 6) is 0. The van der Waals surface area contributed by atoms with Crippen molar-refractivity contribution >= 4 is 22.1 Å². The lowest BCUT2D eigenvalue weighted by Crippen LogP contribution is -2.26. The van der Waals surface area contributed by atoms with E-state index in [0.717, 1.165) is 59.1 Å². The van der Waals surface area contributed by atoms with E-state index in [1.807, 2.05) is 24.5 Å². The van der Waals surface area contributed by atoms with E-state index in [1.165, 1.54) is 77.9 Å². The van der Waals surface area contributed by atoms with Gasteiger partial charge in [0.25, 0.3) is 0 Å². The minimum Gasteiger partial charge on any atom is -0.237 e. The van der Waals surface area contributed by atoms with Crippen LogP contribution in [-0.4, -0.2) is 19.9 Å². The second-order valence-electron chi connectivity index (χ2n) is 14.0. The smallest absolute Gasteiger partial charge is 0.159 e. The van der Waals surface area contributed by atoms with Crippen molar-refractivity contribution in [2.45, 2.75) is 31.1 Å². The Balaban J connectivity index is 1.14. The molecule has 0 aliphatic heterocycles. The number of hydrogen-bond donors (Lipinski definition) is 0. The van der Waals surface area contributed by atoms with Crippen LogP contribution in [-0.2, 0) is 31.1 Å². The Labute approximate surface area is 283 Å². The van der Waals surface area contributed by atoms with E-state index in [9.17, 15) is 0 Å². The van der Waals surface area contributed by atoms with Gasteiger partial charge in [-0.15, -0.1) is 0 Å². The zero-order valence-electron chi connectivity index (χ0n) is 26.7. The van der Waals surface area contributed by atoms with Crippen LogP contribution < -0.4 is 0 Å². The molecule has 0 fully saturated rings. The van der Waals surface area contributed by atoms with Crippen molar-refractivity contribution in [1.29, 1.82) is 0 Å². The van der Waals surface area contributed by atoms with Crippen molar-refractivity contribution in [3.8, 4) is 44.8 Å². The van der Waals surface area contributed by atoms with Crippen LogP contribution in [0.3, 0.4) is 0 Å². The topological polar surface area (TPSA) is 51.6 Å². The lowest BCUT2D eigenvalue weighted by Gasteiger charge is -2.32. The Morgan fingerprint density at radius 1 is 0.388 bits per heavy atom. The Bertz CT molecular complexity index is 2600. The molecule has 4 heteroatoms. The van der Waals surface area contributed by atoms with Crippen LogP contribution in [0.1, 0.15) is 44.5 Å². The largest absolute Gasteiger partial charge is 0.237 e. The zero-order chi connectivity index (χ0) is 31.8. The summed E-state index contributed by atoms with van der Waals surface area (Å²) in [5, 5.41) is 2.22. The van der Waals surface area contributed by atoms with Crippen molar-refractivity contribution < 1.29 is 0 Å². The van der Waals surface area contributed by atoms with Crippen molar-refractivity contribution in [2.24, 2.45) is 0 Å². The molecule has 0 N–H and O–H groups in total. The van der Waals surface area contributed by atoms with Crippen LogP contribution in [0.15, 0.2) is 122 Å². The second-order valence-corrected chi connectivity index (χ2v) is 14.0. The summed E-state index contributed by atoms with van der Waals surface area (Å²) in [6.07, 6.45) is 7.65. The van der Waals surface area contributed by atoms with Crippen molar-refractivity contribution in [2.75, 3.05) is 0 Å². The standard InChI is InChI=1S/C45H28N4/c1-3-11-37-31(9-1)35-23-33-25(13-15-27-19-29-7-5-17-46-43(29)48-41(27)33)21-39(35)45(37)38-12-4-2-10-32(38)36-24-34-26(22-40(36)45)14-16-28-20-30-8-6-18-47-44(30)49-42(28)34/h1-12,17-24H,13-16H2. The Kier molecular flexibility index (Phi) is 4.84. The lowest BCUT2D eigenvalue weighted by atomic mass is 9.69. The molecule has 12 rings (SSSR count). The van der Waals surface area contributed by atoms with Gasteiger partial charge in [-0.05, 0) is 141 Å². The molecular weight excluding hydrogens is 597 g/mol. The van der Waals surface area contributed by atoms with Crippen LogP contribution in [0, 0.1) is 0 Å². The van der Waals surface area contributed by atoms with Crippen LogP contribution in [0.5, 0.6) is 0 Å². The number of aryl methyl sites for hydroxylation is 4. The van der Waals surface area contributed by atoms with Gasteiger partial charge >= 0.3 is 0 Å². The molecule has 4 aromatic heterocycles. The summed E-state index contributed by atoms with van der Waals surface area (Å²) in [5.41, 5.74) is 22.1.